The Hall–Kier alpha value is -2.20. The van der Waals surface area contributed by atoms with E-state index < -0.39 is 12.0 Å². The van der Waals surface area contributed by atoms with Crippen LogP contribution in [0.4, 0.5) is 0 Å². The second-order valence-corrected chi connectivity index (χ2v) is 5.28. The lowest BCUT2D eigenvalue weighted by Gasteiger charge is -2.13. The van der Waals surface area contributed by atoms with Gasteiger partial charge in [-0.2, -0.15) is 17.0 Å². The van der Waals surface area contributed by atoms with Crippen LogP contribution in [0.5, 0.6) is 5.75 Å². The molecule has 1 aromatic rings. The summed E-state index contributed by atoms with van der Waals surface area (Å²) in [5.74, 6) is -0.137. The summed E-state index contributed by atoms with van der Waals surface area (Å²) in [6, 6.07) is 6.36. The molecule has 7 heteroatoms. The molecule has 0 heterocycles. The summed E-state index contributed by atoms with van der Waals surface area (Å²) in [7, 11) is 1.50. The van der Waals surface area contributed by atoms with Crippen LogP contribution < -0.4 is 10.1 Å². The first kappa shape index (κ1) is 16.9. The summed E-state index contributed by atoms with van der Waals surface area (Å²) in [5.41, 5.74) is 1.33. The fraction of sp³-hybridized carbons (Fsp3) is 0.357. The van der Waals surface area contributed by atoms with E-state index in [1.54, 1.807) is 12.1 Å². The number of amides is 1. The third kappa shape index (κ3) is 5.36. The summed E-state index contributed by atoms with van der Waals surface area (Å²) in [5, 5.41) is 20.4. The summed E-state index contributed by atoms with van der Waals surface area (Å²) < 4.78 is 5.05. The largest absolute Gasteiger partial charge is 0.495 e. The molecule has 1 aromatic carbocycles. The number of rotatable bonds is 7. The Bertz CT molecular complexity index is 569. The summed E-state index contributed by atoms with van der Waals surface area (Å²) in [4.78, 5) is 21.9. The van der Waals surface area contributed by atoms with Gasteiger partial charge in [0, 0.05) is 18.4 Å². The number of benzene rings is 1. The van der Waals surface area contributed by atoms with Crippen LogP contribution in [0, 0.1) is 11.3 Å². The highest BCUT2D eigenvalue weighted by molar-refractivity contribution is 7.98. The minimum Gasteiger partial charge on any atom is -0.495 e. The molecule has 2 N–H and O–H groups in total. The number of hydrogen-bond donors (Lipinski definition) is 2. The van der Waals surface area contributed by atoms with Gasteiger partial charge in [0.25, 0.3) is 0 Å². The van der Waals surface area contributed by atoms with Crippen molar-refractivity contribution in [3.63, 3.8) is 0 Å². The van der Waals surface area contributed by atoms with Crippen LogP contribution in [-0.2, 0) is 15.3 Å². The standard InChI is InChI=1S/C14H16N2O4S/c1-9(17)16-12(14(18)19)8-21-7-10-3-4-13(20-2)11(5-10)6-15/h3-5,12H,7-8H2,1-2H3,(H,16,17)(H,18,19). The normalized spacial score (nSPS) is 11.3. The highest BCUT2D eigenvalue weighted by Gasteiger charge is 2.18. The molecule has 0 aromatic heterocycles. The SMILES string of the molecule is COc1ccc(CSCC(NC(C)=O)C(=O)O)cc1C#N. The molecular weight excluding hydrogens is 292 g/mol. The van der Waals surface area contributed by atoms with Crippen molar-refractivity contribution < 1.29 is 19.4 Å². The molecule has 1 rings (SSSR count). The van der Waals surface area contributed by atoms with Crippen LogP contribution in [0.3, 0.4) is 0 Å². The number of carbonyl (C=O) groups is 2. The molecule has 0 aliphatic carbocycles. The van der Waals surface area contributed by atoms with Crippen LogP contribution in [0.2, 0.25) is 0 Å². The molecule has 6 nitrogen and oxygen atoms in total. The first-order valence-electron chi connectivity index (χ1n) is 6.12. The molecule has 0 saturated heterocycles. The van der Waals surface area contributed by atoms with E-state index in [1.807, 2.05) is 12.1 Å². The van der Waals surface area contributed by atoms with Crippen LogP contribution in [-0.4, -0.2) is 35.9 Å². The quantitative estimate of drug-likeness (QED) is 0.789. The minimum atomic E-state index is -1.06. The Morgan fingerprint density at radius 3 is 2.76 bits per heavy atom. The number of aliphatic carboxylic acids is 1. The van der Waals surface area contributed by atoms with Crippen molar-refractivity contribution in [2.24, 2.45) is 0 Å². The van der Waals surface area contributed by atoms with Crippen molar-refractivity contribution in [2.75, 3.05) is 12.9 Å². The molecular formula is C14H16N2O4S. The second-order valence-electron chi connectivity index (χ2n) is 4.25. The first-order chi connectivity index (χ1) is 9.97. The average Bonchev–Trinajstić information content (AvgIpc) is 2.45. The van der Waals surface area contributed by atoms with Crippen LogP contribution in [0.25, 0.3) is 0 Å². The Morgan fingerprint density at radius 1 is 1.52 bits per heavy atom. The number of nitrogens with zero attached hydrogens (tertiary/aromatic N) is 1. The Labute approximate surface area is 127 Å². The van der Waals surface area contributed by atoms with Gasteiger partial charge in [0.2, 0.25) is 5.91 Å². The number of thioether (sulfide) groups is 1. The summed E-state index contributed by atoms with van der Waals surface area (Å²) in [6.07, 6.45) is 0. The van der Waals surface area contributed by atoms with Gasteiger partial charge in [-0.3, -0.25) is 4.79 Å². The zero-order chi connectivity index (χ0) is 15.8. The lowest BCUT2D eigenvalue weighted by molar-refractivity contribution is -0.140. The lowest BCUT2D eigenvalue weighted by Crippen LogP contribution is -2.41. The Balaban J connectivity index is 2.61. The molecule has 0 aliphatic heterocycles. The average molecular weight is 308 g/mol. The number of nitrogens with one attached hydrogen (secondary N) is 1. The molecule has 0 radical (unpaired) electrons. The van der Waals surface area contributed by atoms with Crippen molar-refractivity contribution in [1.82, 2.24) is 5.32 Å². The van der Waals surface area contributed by atoms with Crippen molar-refractivity contribution in [3.8, 4) is 11.8 Å². The van der Waals surface area contributed by atoms with Gasteiger partial charge in [-0.15, -0.1) is 0 Å². The molecule has 0 saturated carbocycles. The van der Waals surface area contributed by atoms with Gasteiger partial charge < -0.3 is 15.2 Å². The van der Waals surface area contributed by atoms with Gasteiger partial charge in [-0.05, 0) is 17.7 Å². The number of methoxy groups -OCH3 is 1. The van der Waals surface area contributed by atoms with Crippen LogP contribution >= 0.6 is 11.8 Å². The van der Waals surface area contributed by atoms with Gasteiger partial charge in [-0.25, -0.2) is 4.79 Å². The van der Waals surface area contributed by atoms with E-state index in [9.17, 15) is 9.59 Å². The van der Waals surface area contributed by atoms with Crippen molar-refractivity contribution >= 4 is 23.6 Å². The van der Waals surface area contributed by atoms with Crippen LogP contribution in [0.1, 0.15) is 18.1 Å². The molecule has 0 spiro atoms. The number of nitriles is 1. The highest BCUT2D eigenvalue weighted by Crippen LogP contribution is 2.22. The number of carboxylic acid groups (broad SMARTS) is 1. The predicted molar refractivity (Wildman–Crippen MR) is 79.1 cm³/mol. The number of ether oxygens (including phenoxy) is 1. The molecule has 0 bridgehead atoms. The van der Waals surface area contributed by atoms with E-state index >= 15 is 0 Å². The van der Waals surface area contributed by atoms with Gasteiger partial charge in [-0.1, -0.05) is 6.07 Å². The number of carbonyl (C=O) groups excluding carboxylic acids is 1. The van der Waals surface area contributed by atoms with Gasteiger partial charge in [0.1, 0.15) is 17.9 Å². The zero-order valence-electron chi connectivity index (χ0n) is 11.8. The van der Waals surface area contributed by atoms with E-state index in [-0.39, 0.29) is 11.7 Å². The lowest BCUT2D eigenvalue weighted by atomic mass is 10.1. The number of hydrogen-bond acceptors (Lipinski definition) is 5. The molecule has 21 heavy (non-hydrogen) atoms. The molecule has 0 fully saturated rings. The molecule has 1 amide bonds. The summed E-state index contributed by atoms with van der Waals surface area (Å²) >= 11 is 1.37. The topological polar surface area (TPSA) is 99.4 Å². The van der Waals surface area contributed by atoms with E-state index in [0.29, 0.717) is 17.1 Å². The minimum absolute atomic E-state index is 0.253. The summed E-state index contributed by atoms with van der Waals surface area (Å²) in [6.45, 7) is 1.28. The Morgan fingerprint density at radius 2 is 2.24 bits per heavy atom. The fourth-order valence-electron chi connectivity index (χ4n) is 1.65. The Kier molecular flexibility index (Phi) is 6.56. The maximum Gasteiger partial charge on any atom is 0.327 e. The number of carboxylic acids is 1. The molecule has 0 aliphatic rings. The molecule has 1 atom stereocenters. The zero-order valence-corrected chi connectivity index (χ0v) is 12.6. The van der Waals surface area contributed by atoms with Crippen LogP contribution in [0.15, 0.2) is 18.2 Å². The fourth-order valence-corrected chi connectivity index (χ4v) is 2.64. The van der Waals surface area contributed by atoms with Gasteiger partial charge >= 0.3 is 5.97 Å². The van der Waals surface area contributed by atoms with E-state index in [2.05, 4.69) is 5.32 Å². The van der Waals surface area contributed by atoms with E-state index in [1.165, 1.54) is 25.8 Å². The second kappa shape index (κ2) is 8.17. The molecule has 1 unspecified atom stereocenters. The van der Waals surface area contributed by atoms with Gasteiger partial charge in [0.05, 0.1) is 12.7 Å². The van der Waals surface area contributed by atoms with E-state index in [4.69, 9.17) is 15.1 Å². The maximum absolute atomic E-state index is 11.0. The third-order valence-corrected chi connectivity index (χ3v) is 3.72. The highest BCUT2D eigenvalue weighted by atomic mass is 32.2. The van der Waals surface area contributed by atoms with Crippen molar-refractivity contribution in [2.45, 2.75) is 18.7 Å². The first-order valence-corrected chi connectivity index (χ1v) is 7.28. The molecule has 112 valence electrons. The van der Waals surface area contributed by atoms with Gasteiger partial charge in [0.15, 0.2) is 0 Å². The van der Waals surface area contributed by atoms with E-state index in [0.717, 1.165) is 5.56 Å². The maximum atomic E-state index is 11.0. The monoisotopic (exact) mass is 308 g/mol. The third-order valence-electron chi connectivity index (χ3n) is 2.61. The predicted octanol–water partition coefficient (Wildman–Crippen LogP) is 1.39. The van der Waals surface area contributed by atoms with Crippen molar-refractivity contribution in [1.29, 1.82) is 5.26 Å². The smallest absolute Gasteiger partial charge is 0.327 e. The van der Waals surface area contributed by atoms with Crippen molar-refractivity contribution in [3.05, 3.63) is 29.3 Å².